The van der Waals surface area contributed by atoms with Gasteiger partial charge in [0.15, 0.2) is 0 Å². The first-order chi connectivity index (χ1) is 8.30. The van der Waals surface area contributed by atoms with E-state index in [1.54, 1.807) is 0 Å². The Labute approximate surface area is 114 Å². The predicted octanol–water partition coefficient (Wildman–Crippen LogP) is 2.13. The number of piperazine rings is 1. The summed E-state index contributed by atoms with van der Waals surface area (Å²) in [7, 11) is 2.22. The Hall–Kier alpha value is -0.120. The summed E-state index contributed by atoms with van der Waals surface area (Å²) in [5.74, 6) is 0. The lowest BCUT2D eigenvalue weighted by atomic mass is 10.0. The molecule has 1 rings (SSSR count). The summed E-state index contributed by atoms with van der Waals surface area (Å²) in [5, 5.41) is 0. The van der Waals surface area contributed by atoms with E-state index in [9.17, 15) is 0 Å². The molecule has 0 atom stereocenters. The number of nitrogens with zero attached hydrogens (tertiary/aromatic N) is 3. The van der Waals surface area contributed by atoms with Crippen LogP contribution in [0.3, 0.4) is 0 Å². The Balaban J connectivity index is 2.27. The van der Waals surface area contributed by atoms with Gasteiger partial charge in [-0.25, -0.2) is 0 Å². The van der Waals surface area contributed by atoms with E-state index in [1.165, 1.54) is 45.7 Å². The summed E-state index contributed by atoms with van der Waals surface area (Å²) in [6, 6.07) is 0.637. The molecule has 0 bridgehead atoms. The molecule has 1 heterocycles. The van der Waals surface area contributed by atoms with Crippen LogP contribution in [0.4, 0.5) is 0 Å². The molecule has 108 valence electrons. The minimum Gasteiger partial charge on any atom is -0.304 e. The SMILES string of the molecule is CC(C)N(CCCN1CCN(C)CC1)C(C)(C)C. The molecule has 1 fully saturated rings. The molecule has 3 nitrogen and oxygen atoms in total. The minimum absolute atomic E-state index is 0.288. The highest BCUT2D eigenvalue weighted by Gasteiger charge is 2.23. The molecule has 1 aliphatic rings. The van der Waals surface area contributed by atoms with Crippen molar-refractivity contribution >= 4 is 0 Å². The molecule has 0 aliphatic carbocycles. The number of likely N-dealkylation sites (N-methyl/N-ethyl adjacent to an activating group) is 1. The number of hydrogen-bond acceptors (Lipinski definition) is 3. The van der Waals surface area contributed by atoms with Crippen LogP contribution in [0.5, 0.6) is 0 Å². The molecule has 0 radical (unpaired) electrons. The van der Waals surface area contributed by atoms with Crippen LogP contribution in [-0.4, -0.2) is 72.6 Å². The van der Waals surface area contributed by atoms with Crippen LogP contribution in [0.25, 0.3) is 0 Å². The Morgan fingerprint density at radius 3 is 2.06 bits per heavy atom. The van der Waals surface area contributed by atoms with E-state index in [0.29, 0.717) is 6.04 Å². The second-order valence-electron chi connectivity index (χ2n) is 6.96. The van der Waals surface area contributed by atoms with Crippen molar-refractivity contribution in [3.63, 3.8) is 0 Å². The third kappa shape index (κ3) is 5.25. The minimum atomic E-state index is 0.288. The molecule has 1 aliphatic heterocycles. The Morgan fingerprint density at radius 1 is 1.06 bits per heavy atom. The van der Waals surface area contributed by atoms with Gasteiger partial charge in [-0.1, -0.05) is 0 Å². The van der Waals surface area contributed by atoms with Crippen molar-refractivity contribution < 1.29 is 0 Å². The first kappa shape index (κ1) is 15.9. The van der Waals surface area contributed by atoms with E-state index in [0.717, 1.165) is 0 Å². The van der Waals surface area contributed by atoms with Gasteiger partial charge in [0.1, 0.15) is 0 Å². The van der Waals surface area contributed by atoms with Gasteiger partial charge in [0.2, 0.25) is 0 Å². The Bertz CT molecular complexity index is 224. The highest BCUT2D eigenvalue weighted by molar-refractivity contribution is 4.79. The van der Waals surface area contributed by atoms with Crippen LogP contribution >= 0.6 is 0 Å². The second kappa shape index (κ2) is 6.88. The highest BCUT2D eigenvalue weighted by atomic mass is 15.3. The molecule has 0 amide bonds. The van der Waals surface area contributed by atoms with Crippen molar-refractivity contribution in [2.75, 3.05) is 46.3 Å². The quantitative estimate of drug-likeness (QED) is 0.745. The molecule has 0 aromatic rings. The van der Waals surface area contributed by atoms with Gasteiger partial charge in [0.25, 0.3) is 0 Å². The van der Waals surface area contributed by atoms with Crippen molar-refractivity contribution in [2.24, 2.45) is 0 Å². The van der Waals surface area contributed by atoms with Gasteiger partial charge >= 0.3 is 0 Å². The standard InChI is InChI=1S/C15H33N3/c1-14(2)18(15(3,4)5)9-7-8-17-12-10-16(6)11-13-17/h14H,7-13H2,1-6H3. The lowest BCUT2D eigenvalue weighted by Crippen LogP contribution is -2.48. The van der Waals surface area contributed by atoms with Crippen LogP contribution in [0.2, 0.25) is 0 Å². The van der Waals surface area contributed by atoms with E-state index in [-0.39, 0.29) is 5.54 Å². The Morgan fingerprint density at radius 2 is 1.61 bits per heavy atom. The molecule has 0 spiro atoms. The molecular weight excluding hydrogens is 222 g/mol. The van der Waals surface area contributed by atoms with Crippen molar-refractivity contribution in [1.82, 2.24) is 14.7 Å². The summed E-state index contributed by atoms with van der Waals surface area (Å²) < 4.78 is 0. The molecule has 0 aromatic carbocycles. The van der Waals surface area contributed by atoms with Gasteiger partial charge in [-0.2, -0.15) is 0 Å². The second-order valence-corrected chi connectivity index (χ2v) is 6.96. The largest absolute Gasteiger partial charge is 0.304 e. The van der Waals surface area contributed by atoms with Gasteiger partial charge in [-0.05, 0) is 54.6 Å². The first-order valence-corrected chi connectivity index (χ1v) is 7.48. The fourth-order valence-electron chi connectivity index (χ4n) is 2.90. The smallest absolute Gasteiger partial charge is 0.0127 e. The van der Waals surface area contributed by atoms with Gasteiger partial charge in [0, 0.05) is 44.3 Å². The molecule has 0 unspecified atom stereocenters. The van der Waals surface area contributed by atoms with Gasteiger partial charge in [-0.15, -0.1) is 0 Å². The van der Waals surface area contributed by atoms with Crippen LogP contribution < -0.4 is 0 Å². The number of rotatable bonds is 5. The molecule has 18 heavy (non-hydrogen) atoms. The molecular formula is C15H33N3. The molecule has 0 N–H and O–H groups in total. The summed E-state index contributed by atoms with van der Waals surface area (Å²) in [5.41, 5.74) is 0.288. The summed E-state index contributed by atoms with van der Waals surface area (Å²) in [6.07, 6.45) is 1.29. The lowest BCUT2D eigenvalue weighted by Gasteiger charge is -2.40. The Kier molecular flexibility index (Phi) is 6.09. The van der Waals surface area contributed by atoms with E-state index >= 15 is 0 Å². The zero-order valence-corrected chi connectivity index (χ0v) is 13.4. The van der Waals surface area contributed by atoms with Crippen LogP contribution in [0, 0.1) is 0 Å². The average Bonchev–Trinajstić information content (AvgIpc) is 2.24. The fraction of sp³-hybridized carbons (Fsp3) is 1.00. The fourth-order valence-corrected chi connectivity index (χ4v) is 2.90. The molecule has 3 heteroatoms. The van der Waals surface area contributed by atoms with E-state index in [2.05, 4.69) is 56.4 Å². The highest BCUT2D eigenvalue weighted by Crippen LogP contribution is 2.17. The summed E-state index contributed by atoms with van der Waals surface area (Å²) in [6.45, 7) is 19.0. The topological polar surface area (TPSA) is 9.72 Å². The van der Waals surface area contributed by atoms with E-state index in [1.807, 2.05) is 0 Å². The average molecular weight is 255 g/mol. The number of hydrogen-bond donors (Lipinski definition) is 0. The van der Waals surface area contributed by atoms with Crippen molar-refractivity contribution in [3.05, 3.63) is 0 Å². The maximum absolute atomic E-state index is 2.61. The third-order valence-corrected chi connectivity index (χ3v) is 3.95. The summed E-state index contributed by atoms with van der Waals surface area (Å²) in [4.78, 5) is 7.65. The van der Waals surface area contributed by atoms with Gasteiger partial charge in [0.05, 0.1) is 0 Å². The zero-order valence-electron chi connectivity index (χ0n) is 13.4. The normalized spacial score (nSPS) is 20.0. The molecule has 0 aromatic heterocycles. The zero-order chi connectivity index (χ0) is 13.8. The van der Waals surface area contributed by atoms with Crippen LogP contribution in [0.15, 0.2) is 0 Å². The monoisotopic (exact) mass is 255 g/mol. The molecule has 1 saturated heterocycles. The van der Waals surface area contributed by atoms with Gasteiger partial charge in [-0.3, -0.25) is 4.90 Å². The van der Waals surface area contributed by atoms with E-state index in [4.69, 9.17) is 0 Å². The first-order valence-electron chi connectivity index (χ1n) is 7.48. The lowest BCUT2D eigenvalue weighted by molar-refractivity contribution is 0.0865. The predicted molar refractivity (Wildman–Crippen MR) is 80.1 cm³/mol. The van der Waals surface area contributed by atoms with Crippen LogP contribution in [-0.2, 0) is 0 Å². The van der Waals surface area contributed by atoms with Crippen molar-refractivity contribution in [1.29, 1.82) is 0 Å². The summed E-state index contributed by atoms with van der Waals surface area (Å²) >= 11 is 0. The maximum Gasteiger partial charge on any atom is 0.0127 e. The maximum atomic E-state index is 2.61. The third-order valence-electron chi connectivity index (χ3n) is 3.95. The van der Waals surface area contributed by atoms with Crippen molar-refractivity contribution in [2.45, 2.75) is 52.6 Å². The van der Waals surface area contributed by atoms with Crippen molar-refractivity contribution in [3.8, 4) is 0 Å². The molecule has 0 saturated carbocycles. The van der Waals surface area contributed by atoms with E-state index < -0.39 is 0 Å². The van der Waals surface area contributed by atoms with Crippen LogP contribution in [0.1, 0.15) is 41.0 Å². The van der Waals surface area contributed by atoms with Gasteiger partial charge < -0.3 is 9.80 Å².